The van der Waals surface area contributed by atoms with Crippen molar-refractivity contribution in [3.05, 3.63) is 0 Å². The largest absolute Gasteiger partial charge is 0.269 e. The van der Waals surface area contributed by atoms with E-state index in [4.69, 9.17) is 5.84 Å². The first-order valence-electron chi connectivity index (χ1n) is 3.60. The topological polar surface area (TPSA) is 29.3 Å². The van der Waals surface area contributed by atoms with E-state index < -0.39 is 0 Å². The minimum absolute atomic E-state index is 0.538. The molecule has 0 atom stereocenters. The van der Waals surface area contributed by atoms with Crippen LogP contribution in [0.1, 0.15) is 26.7 Å². The Balaban J connectivity index is 2.35. The molecule has 0 saturated carbocycles. The summed E-state index contributed by atoms with van der Waals surface area (Å²) in [5.74, 6) is 5.59. The number of nitrogens with zero attached hydrogens (tertiary/aromatic N) is 1. The van der Waals surface area contributed by atoms with Crippen LogP contribution in [0.4, 0.5) is 0 Å². The third-order valence-electron chi connectivity index (χ3n) is 2.15. The summed E-state index contributed by atoms with van der Waals surface area (Å²) >= 11 is 0. The normalized spacial score (nSPS) is 28.3. The average molecular weight is 128 g/mol. The molecule has 0 aliphatic carbocycles. The monoisotopic (exact) mass is 128 g/mol. The molecule has 54 valence electrons. The number of hydrogen-bond acceptors (Lipinski definition) is 2. The van der Waals surface area contributed by atoms with Crippen LogP contribution >= 0.6 is 0 Å². The lowest BCUT2D eigenvalue weighted by Crippen LogP contribution is -2.41. The predicted octanol–water partition coefficient (Wildman–Crippen LogP) is 0.982. The second-order valence-corrected chi connectivity index (χ2v) is 3.70. The number of hydrogen-bond donors (Lipinski definition) is 1. The summed E-state index contributed by atoms with van der Waals surface area (Å²) in [4.78, 5) is 0. The van der Waals surface area contributed by atoms with Crippen LogP contribution < -0.4 is 5.84 Å². The summed E-state index contributed by atoms with van der Waals surface area (Å²) in [5, 5.41) is 1.91. The molecule has 2 nitrogen and oxygen atoms in total. The standard InChI is InChI=1S/C7H16N2/c1-7(2)3-5-9(8)6-4-7/h3-6,8H2,1-2H3. The Morgan fingerprint density at radius 1 is 1.22 bits per heavy atom. The number of hydrazine groups is 1. The molecule has 0 aromatic heterocycles. The molecule has 0 bridgehead atoms. The Kier molecular flexibility index (Phi) is 1.78. The second kappa shape index (κ2) is 2.27. The van der Waals surface area contributed by atoms with Gasteiger partial charge in [-0.1, -0.05) is 13.8 Å². The van der Waals surface area contributed by atoms with Gasteiger partial charge >= 0.3 is 0 Å². The number of piperidine rings is 1. The highest BCUT2D eigenvalue weighted by atomic mass is 15.4. The second-order valence-electron chi connectivity index (χ2n) is 3.70. The maximum atomic E-state index is 5.59. The van der Waals surface area contributed by atoms with E-state index in [1.165, 1.54) is 12.8 Å². The van der Waals surface area contributed by atoms with Crippen LogP contribution in [0.3, 0.4) is 0 Å². The third kappa shape index (κ3) is 1.95. The molecule has 0 radical (unpaired) electrons. The molecule has 0 aromatic rings. The van der Waals surface area contributed by atoms with Crippen molar-refractivity contribution in [2.45, 2.75) is 26.7 Å². The number of nitrogens with two attached hydrogens (primary N) is 1. The molecule has 1 aliphatic rings. The van der Waals surface area contributed by atoms with Crippen LogP contribution in [0.15, 0.2) is 0 Å². The van der Waals surface area contributed by atoms with Crippen LogP contribution in [-0.2, 0) is 0 Å². The van der Waals surface area contributed by atoms with Crippen molar-refractivity contribution in [3.63, 3.8) is 0 Å². The molecule has 1 aliphatic heterocycles. The summed E-state index contributed by atoms with van der Waals surface area (Å²) < 4.78 is 0. The van der Waals surface area contributed by atoms with E-state index in [1.54, 1.807) is 0 Å². The van der Waals surface area contributed by atoms with Gasteiger partial charge in [0.2, 0.25) is 0 Å². The highest BCUT2D eigenvalue weighted by Gasteiger charge is 2.23. The van der Waals surface area contributed by atoms with Gasteiger partial charge in [0, 0.05) is 13.1 Å². The van der Waals surface area contributed by atoms with Crippen LogP contribution in [-0.4, -0.2) is 18.1 Å². The van der Waals surface area contributed by atoms with Crippen molar-refractivity contribution in [1.29, 1.82) is 0 Å². The SMILES string of the molecule is CC1(C)CCN(N)CC1. The molecular weight excluding hydrogens is 112 g/mol. The molecular formula is C7H16N2. The van der Waals surface area contributed by atoms with Gasteiger partial charge in [-0.05, 0) is 18.3 Å². The van der Waals surface area contributed by atoms with Crippen LogP contribution in [0, 0.1) is 5.41 Å². The summed E-state index contributed by atoms with van der Waals surface area (Å²) in [5.41, 5.74) is 0.538. The molecule has 2 heteroatoms. The number of rotatable bonds is 0. The van der Waals surface area contributed by atoms with Gasteiger partial charge < -0.3 is 0 Å². The van der Waals surface area contributed by atoms with E-state index in [0.717, 1.165) is 13.1 Å². The molecule has 9 heavy (non-hydrogen) atoms. The van der Waals surface area contributed by atoms with Gasteiger partial charge in [0.15, 0.2) is 0 Å². The Morgan fingerprint density at radius 3 is 2.00 bits per heavy atom. The van der Waals surface area contributed by atoms with E-state index in [9.17, 15) is 0 Å². The van der Waals surface area contributed by atoms with Gasteiger partial charge in [0.25, 0.3) is 0 Å². The van der Waals surface area contributed by atoms with Gasteiger partial charge in [0.05, 0.1) is 0 Å². The van der Waals surface area contributed by atoms with Crippen molar-refractivity contribution in [2.75, 3.05) is 13.1 Å². The fourth-order valence-electron chi connectivity index (χ4n) is 1.13. The fraction of sp³-hybridized carbons (Fsp3) is 1.00. The van der Waals surface area contributed by atoms with Crippen molar-refractivity contribution in [2.24, 2.45) is 11.3 Å². The molecule has 2 N–H and O–H groups in total. The first-order chi connectivity index (χ1) is 4.10. The molecule has 1 rings (SSSR count). The minimum Gasteiger partial charge on any atom is -0.269 e. The van der Waals surface area contributed by atoms with E-state index in [2.05, 4.69) is 13.8 Å². The summed E-state index contributed by atoms with van der Waals surface area (Å²) in [7, 11) is 0. The first kappa shape index (κ1) is 7.03. The van der Waals surface area contributed by atoms with Crippen molar-refractivity contribution >= 4 is 0 Å². The van der Waals surface area contributed by atoms with Crippen molar-refractivity contribution in [3.8, 4) is 0 Å². The van der Waals surface area contributed by atoms with Crippen LogP contribution in [0.5, 0.6) is 0 Å². The Morgan fingerprint density at radius 2 is 1.67 bits per heavy atom. The molecule has 0 aromatic carbocycles. The maximum absolute atomic E-state index is 5.59. The summed E-state index contributed by atoms with van der Waals surface area (Å²) in [6.07, 6.45) is 2.48. The van der Waals surface area contributed by atoms with Crippen molar-refractivity contribution < 1.29 is 0 Å². The minimum atomic E-state index is 0.538. The van der Waals surface area contributed by atoms with E-state index in [-0.39, 0.29) is 0 Å². The van der Waals surface area contributed by atoms with E-state index >= 15 is 0 Å². The van der Waals surface area contributed by atoms with E-state index in [0.29, 0.717) is 5.41 Å². The highest BCUT2D eigenvalue weighted by molar-refractivity contribution is 4.75. The summed E-state index contributed by atoms with van der Waals surface area (Å²) in [6, 6.07) is 0. The molecule has 0 unspecified atom stereocenters. The smallest absolute Gasteiger partial charge is 0.0133 e. The van der Waals surface area contributed by atoms with Gasteiger partial charge in [-0.15, -0.1) is 0 Å². The van der Waals surface area contributed by atoms with Gasteiger partial charge in [0.1, 0.15) is 0 Å². The molecule has 1 saturated heterocycles. The van der Waals surface area contributed by atoms with Gasteiger partial charge in [-0.3, -0.25) is 5.84 Å². The molecule has 1 heterocycles. The molecule has 1 fully saturated rings. The lowest BCUT2D eigenvalue weighted by Gasteiger charge is -2.34. The first-order valence-corrected chi connectivity index (χ1v) is 3.60. The molecule has 0 spiro atoms. The average Bonchev–Trinajstić information content (AvgIpc) is 1.78. The lowest BCUT2D eigenvalue weighted by molar-refractivity contribution is 0.134. The lowest BCUT2D eigenvalue weighted by atomic mass is 9.83. The Hall–Kier alpha value is -0.0800. The fourth-order valence-corrected chi connectivity index (χ4v) is 1.13. The van der Waals surface area contributed by atoms with Gasteiger partial charge in [-0.25, -0.2) is 5.01 Å². The quantitative estimate of drug-likeness (QED) is 0.493. The van der Waals surface area contributed by atoms with E-state index in [1.807, 2.05) is 5.01 Å². The predicted molar refractivity (Wildman–Crippen MR) is 38.8 cm³/mol. The molecule has 0 amide bonds. The third-order valence-corrected chi connectivity index (χ3v) is 2.15. The zero-order chi connectivity index (χ0) is 6.91. The highest BCUT2D eigenvalue weighted by Crippen LogP contribution is 2.28. The maximum Gasteiger partial charge on any atom is 0.0133 e. The Labute approximate surface area is 57.0 Å². The van der Waals surface area contributed by atoms with Gasteiger partial charge in [-0.2, -0.15) is 0 Å². The summed E-state index contributed by atoms with van der Waals surface area (Å²) in [6.45, 7) is 6.74. The van der Waals surface area contributed by atoms with Crippen molar-refractivity contribution in [1.82, 2.24) is 5.01 Å². The zero-order valence-electron chi connectivity index (χ0n) is 6.35. The zero-order valence-corrected chi connectivity index (χ0v) is 6.35. The van der Waals surface area contributed by atoms with Crippen LogP contribution in [0.2, 0.25) is 0 Å². The van der Waals surface area contributed by atoms with Crippen LogP contribution in [0.25, 0.3) is 0 Å². The Bertz CT molecular complexity index is 89.1.